The number of carbonyl (C=O) groups is 2. The van der Waals surface area contributed by atoms with Crippen molar-refractivity contribution < 1.29 is 14.3 Å². The van der Waals surface area contributed by atoms with Crippen molar-refractivity contribution in [2.24, 2.45) is 0 Å². The molecule has 3 aromatic rings. The molecule has 0 unspecified atom stereocenters. The Kier molecular flexibility index (Phi) is 7.22. The molecule has 0 aliphatic carbocycles. The van der Waals surface area contributed by atoms with Gasteiger partial charge in [-0.05, 0) is 42.3 Å². The Morgan fingerprint density at radius 2 is 1.77 bits per heavy atom. The van der Waals surface area contributed by atoms with Crippen molar-refractivity contribution in [3.8, 4) is 0 Å². The molecule has 0 heterocycles. The van der Waals surface area contributed by atoms with Gasteiger partial charge in [0.25, 0.3) is 5.91 Å². The smallest absolute Gasteiger partial charge is 0.319 e. The number of rotatable bonds is 7. The first-order valence-corrected chi connectivity index (χ1v) is 9.88. The van der Waals surface area contributed by atoms with Crippen LogP contribution in [0.5, 0.6) is 0 Å². The summed E-state index contributed by atoms with van der Waals surface area (Å²) in [6.07, 6.45) is 0. The number of aryl methyl sites for hydroxylation is 1. The molecule has 30 heavy (non-hydrogen) atoms. The second-order valence-electron chi connectivity index (χ2n) is 6.86. The molecule has 0 fully saturated rings. The Bertz CT molecular complexity index is 1040. The third-order valence-corrected chi connectivity index (χ3v) is 4.90. The fraction of sp³-hybridized carbons (Fsp3) is 0.167. The number of amides is 1. The van der Waals surface area contributed by atoms with Gasteiger partial charge < -0.3 is 10.1 Å². The van der Waals surface area contributed by atoms with Crippen LogP contribution in [0, 0.1) is 6.92 Å². The summed E-state index contributed by atoms with van der Waals surface area (Å²) in [5.41, 5.74) is 3.96. The number of carbonyl (C=O) groups excluding carboxylic acids is 2. The first kappa shape index (κ1) is 21.6. The normalized spacial score (nSPS) is 11.6. The Balaban J connectivity index is 1.97. The van der Waals surface area contributed by atoms with E-state index in [-0.39, 0.29) is 24.5 Å². The predicted molar refractivity (Wildman–Crippen MR) is 119 cm³/mol. The van der Waals surface area contributed by atoms with Gasteiger partial charge in [0.15, 0.2) is 0 Å². The molecule has 0 saturated heterocycles. The van der Waals surface area contributed by atoms with E-state index in [1.54, 1.807) is 24.3 Å². The van der Waals surface area contributed by atoms with E-state index in [0.717, 1.165) is 16.7 Å². The number of anilines is 1. The topological polar surface area (TPSA) is 67.4 Å². The van der Waals surface area contributed by atoms with Gasteiger partial charge in [-0.2, -0.15) is 0 Å². The number of nitrogens with one attached hydrogen (secondary N) is 2. The molecule has 0 radical (unpaired) electrons. The van der Waals surface area contributed by atoms with E-state index in [1.165, 1.54) is 7.11 Å². The van der Waals surface area contributed by atoms with Crippen molar-refractivity contribution >= 4 is 29.2 Å². The number of methoxy groups -OCH3 is 1. The van der Waals surface area contributed by atoms with Crippen LogP contribution < -0.4 is 10.6 Å². The van der Waals surface area contributed by atoms with Crippen LogP contribution in [-0.4, -0.2) is 25.5 Å². The minimum absolute atomic E-state index is 0.0334. The van der Waals surface area contributed by atoms with Crippen LogP contribution in [0.15, 0.2) is 72.8 Å². The van der Waals surface area contributed by atoms with Gasteiger partial charge in [0, 0.05) is 16.3 Å². The van der Waals surface area contributed by atoms with Crippen LogP contribution in [0.1, 0.15) is 33.1 Å². The monoisotopic (exact) mass is 422 g/mol. The molecule has 5 nitrogen and oxygen atoms in total. The highest BCUT2D eigenvalue weighted by atomic mass is 35.5. The first-order chi connectivity index (χ1) is 14.5. The summed E-state index contributed by atoms with van der Waals surface area (Å²) in [6, 6.07) is 22.0. The summed E-state index contributed by atoms with van der Waals surface area (Å²) in [6.45, 7) is 2.01. The Morgan fingerprint density at radius 3 is 2.47 bits per heavy atom. The van der Waals surface area contributed by atoms with E-state index in [4.69, 9.17) is 16.3 Å². The molecular formula is C24H23ClN2O3. The quantitative estimate of drug-likeness (QED) is 0.539. The van der Waals surface area contributed by atoms with Gasteiger partial charge in [-0.15, -0.1) is 0 Å². The van der Waals surface area contributed by atoms with Crippen molar-refractivity contribution in [3.05, 3.63) is 100 Å². The minimum Gasteiger partial charge on any atom is -0.468 e. The van der Waals surface area contributed by atoms with E-state index in [2.05, 4.69) is 10.6 Å². The largest absolute Gasteiger partial charge is 0.468 e. The lowest BCUT2D eigenvalue weighted by Crippen LogP contribution is -2.30. The Hall–Kier alpha value is -3.15. The summed E-state index contributed by atoms with van der Waals surface area (Å²) in [4.78, 5) is 24.6. The van der Waals surface area contributed by atoms with Gasteiger partial charge in [-0.1, -0.05) is 65.7 Å². The molecule has 0 aliphatic heterocycles. The van der Waals surface area contributed by atoms with Crippen molar-refractivity contribution in [1.29, 1.82) is 0 Å². The Labute approximate surface area is 181 Å². The van der Waals surface area contributed by atoms with Crippen LogP contribution in [0.2, 0.25) is 5.02 Å². The standard InChI is InChI=1S/C24H23ClN2O3/c1-16-11-12-21(27-24(29)18-9-6-10-19(25)14-18)20(13-16)23(26-15-22(28)30-2)17-7-4-3-5-8-17/h3-14,23,26H,15H2,1-2H3,(H,27,29)/t23-/m1/s1. The van der Waals surface area contributed by atoms with E-state index in [9.17, 15) is 9.59 Å². The van der Waals surface area contributed by atoms with Gasteiger partial charge >= 0.3 is 5.97 Å². The maximum atomic E-state index is 12.8. The number of halogens is 1. The molecule has 2 N–H and O–H groups in total. The van der Waals surface area contributed by atoms with Crippen molar-refractivity contribution in [2.45, 2.75) is 13.0 Å². The van der Waals surface area contributed by atoms with Gasteiger partial charge in [0.1, 0.15) is 0 Å². The third-order valence-electron chi connectivity index (χ3n) is 4.66. The summed E-state index contributed by atoms with van der Waals surface area (Å²) >= 11 is 6.03. The lowest BCUT2D eigenvalue weighted by Gasteiger charge is -2.23. The number of esters is 1. The maximum absolute atomic E-state index is 12.8. The number of hydrogen-bond acceptors (Lipinski definition) is 4. The van der Waals surface area contributed by atoms with Crippen LogP contribution in [0.4, 0.5) is 5.69 Å². The van der Waals surface area contributed by atoms with E-state index in [0.29, 0.717) is 16.3 Å². The summed E-state index contributed by atoms with van der Waals surface area (Å²) in [5.74, 6) is -0.629. The van der Waals surface area contributed by atoms with Crippen molar-refractivity contribution in [2.75, 3.05) is 19.0 Å². The molecular weight excluding hydrogens is 400 g/mol. The first-order valence-electron chi connectivity index (χ1n) is 9.50. The zero-order valence-electron chi connectivity index (χ0n) is 16.8. The highest BCUT2D eigenvalue weighted by molar-refractivity contribution is 6.31. The molecule has 0 saturated carbocycles. The van der Waals surface area contributed by atoms with Crippen LogP contribution in [0.3, 0.4) is 0 Å². The zero-order chi connectivity index (χ0) is 21.5. The number of hydrogen-bond donors (Lipinski definition) is 2. The summed E-state index contributed by atoms with van der Waals surface area (Å²) < 4.78 is 4.78. The summed E-state index contributed by atoms with van der Waals surface area (Å²) in [7, 11) is 1.35. The number of benzene rings is 3. The zero-order valence-corrected chi connectivity index (χ0v) is 17.6. The lowest BCUT2D eigenvalue weighted by molar-refractivity contribution is -0.139. The molecule has 1 atom stereocenters. The lowest BCUT2D eigenvalue weighted by atomic mass is 9.95. The Morgan fingerprint density at radius 1 is 1.00 bits per heavy atom. The minimum atomic E-state index is -0.368. The van der Waals surface area contributed by atoms with Gasteiger partial charge in [-0.25, -0.2) is 0 Å². The van der Waals surface area contributed by atoms with E-state index < -0.39 is 0 Å². The number of ether oxygens (including phenoxy) is 1. The molecule has 154 valence electrons. The maximum Gasteiger partial charge on any atom is 0.319 e. The van der Waals surface area contributed by atoms with Gasteiger partial charge in [-0.3, -0.25) is 14.9 Å². The van der Waals surface area contributed by atoms with Crippen molar-refractivity contribution in [3.63, 3.8) is 0 Å². The molecule has 3 rings (SSSR count). The molecule has 0 spiro atoms. The fourth-order valence-corrected chi connectivity index (χ4v) is 3.36. The van der Waals surface area contributed by atoms with Gasteiger partial charge in [0.2, 0.25) is 0 Å². The van der Waals surface area contributed by atoms with E-state index >= 15 is 0 Å². The van der Waals surface area contributed by atoms with Crippen LogP contribution in [0.25, 0.3) is 0 Å². The third kappa shape index (κ3) is 5.47. The second-order valence-corrected chi connectivity index (χ2v) is 7.29. The molecule has 0 bridgehead atoms. The molecule has 0 aliphatic rings. The van der Waals surface area contributed by atoms with Crippen LogP contribution in [-0.2, 0) is 9.53 Å². The highest BCUT2D eigenvalue weighted by Gasteiger charge is 2.20. The second kappa shape index (κ2) is 10.1. The molecule has 3 aromatic carbocycles. The highest BCUT2D eigenvalue weighted by Crippen LogP contribution is 2.30. The average molecular weight is 423 g/mol. The van der Waals surface area contributed by atoms with Crippen LogP contribution >= 0.6 is 11.6 Å². The average Bonchev–Trinajstić information content (AvgIpc) is 2.76. The fourth-order valence-electron chi connectivity index (χ4n) is 3.17. The molecule has 0 aromatic heterocycles. The SMILES string of the molecule is COC(=O)CN[C@H](c1ccccc1)c1cc(C)ccc1NC(=O)c1cccc(Cl)c1. The van der Waals surface area contributed by atoms with E-state index in [1.807, 2.05) is 55.5 Å². The summed E-state index contributed by atoms with van der Waals surface area (Å²) in [5, 5.41) is 6.72. The molecule has 1 amide bonds. The van der Waals surface area contributed by atoms with Crippen molar-refractivity contribution in [1.82, 2.24) is 5.32 Å². The molecule has 6 heteroatoms. The van der Waals surface area contributed by atoms with Gasteiger partial charge in [0.05, 0.1) is 19.7 Å². The predicted octanol–water partition coefficient (Wildman–Crippen LogP) is 4.75.